The van der Waals surface area contributed by atoms with E-state index in [1.807, 2.05) is 13.8 Å². The van der Waals surface area contributed by atoms with Gasteiger partial charge in [-0.15, -0.1) is 0 Å². The largest absolute Gasteiger partial charge is 0.446 e. The Bertz CT molecular complexity index is 1300. The minimum absolute atomic E-state index is 0.0445. The number of nitrogens with zero attached hydrogens (tertiary/aromatic N) is 5. The fraction of sp³-hybridized carbons (Fsp3) is 0.560. The van der Waals surface area contributed by atoms with Crippen molar-refractivity contribution in [1.29, 1.82) is 0 Å². The average Bonchev–Trinajstić information content (AvgIpc) is 2.86. The maximum absolute atomic E-state index is 13.1. The molecule has 2 saturated heterocycles. The van der Waals surface area contributed by atoms with Crippen molar-refractivity contribution in [1.82, 2.24) is 19.8 Å². The lowest BCUT2D eigenvalue weighted by molar-refractivity contribution is -0.138. The van der Waals surface area contributed by atoms with Crippen LogP contribution in [-0.4, -0.2) is 70.2 Å². The van der Waals surface area contributed by atoms with E-state index in [1.54, 1.807) is 14.7 Å². The number of carbonyl (C=O) groups excluding carboxylic acids is 1. The molecule has 7 nitrogen and oxygen atoms in total. The van der Waals surface area contributed by atoms with Crippen LogP contribution in [0.1, 0.15) is 46.0 Å². The van der Waals surface area contributed by atoms with Gasteiger partial charge in [-0.1, -0.05) is 30.2 Å². The van der Waals surface area contributed by atoms with Crippen molar-refractivity contribution in [2.45, 2.75) is 57.6 Å². The molecular formula is C25H30F3N5O2. The molecule has 2 aromatic rings. The third-order valence-corrected chi connectivity index (χ3v) is 6.88. The van der Waals surface area contributed by atoms with Gasteiger partial charge in [0.25, 0.3) is 0 Å². The minimum Gasteiger partial charge on any atom is -0.446 e. The van der Waals surface area contributed by atoms with Crippen molar-refractivity contribution >= 4 is 12.0 Å². The van der Waals surface area contributed by atoms with Gasteiger partial charge in [0.2, 0.25) is 5.95 Å². The Labute approximate surface area is 211 Å². The third kappa shape index (κ3) is 4.94. The molecule has 2 aliphatic heterocycles. The number of likely N-dealkylation sites (tertiary alicyclic amines) is 1. The van der Waals surface area contributed by atoms with Gasteiger partial charge in [0.1, 0.15) is 6.10 Å². The maximum Gasteiger partial charge on any atom is 0.419 e. The van der Waals surface area contributed by atoms with Gasteiger partial charge in [-0.05, 0) is 32.3 Å². The van der Waals surface area contributed by atoms with Gasteiger partial charge in [-0.2, -0.15) is 13.2 Å². The third-order valence-electron chi connectivity index (χ3n) is 6.88. The number of halogens is 3. The first-order valence-corrected chi connectivity index (χ1v) is 11.5. The summed E-state index contributed by atoms with van der Waals surface area (Å²) in [6.45, 7) is 4.21. The molecule has 3 fully saturated rings. The fourth-order valence-corrected chi connectivity index (χ4v) is 5.34. The minimum atomic E-state index is -4.52. The van der Waals surface area contributed by atoms with E-state index in [9.17, 15) is 18.0 Å². The molecule has 3 atom stereocenters. The molecule has 1 amide bonds. The molecule has 3 heterocycles. The molecule has 1 unspecified atom stereocenters. The highest BCUT2D eigenvalue weighted by atomic mass is 19.4. The van der Waals surface area contributed by atoms with Gasteiger partial charge in [0, 0.05) is 51.9 Å². The van der Waals surface area contributed by atoms with Crippen molar-refractivity contribution in [3.05, 3.63) is 53.7 Å². The highest BCUT2D eigenvalue weighted by molar-refractivity contribution is 5.69. The first kappa shape index (κ1) is 17.5. The number of piperazine rings is 1. The normalized spacial score (nSPS) is 28.0. The van der Waals surface area contributed by atoms with Crippen LogP contribution in [0.4, 0.5) is 23.9 Å². The van der Waals surface area contributed by atoms with Crippen LogP contribution in [0, 0.1) is 5.41 Å². The van der Waals surface area contributed by atoms with E-state index >= 15 is 0 Å². The average molecular weight is 496 g/mol. The van der Waals surface area contributed by atoms with Gasteiger partial charge < -0.3 is 9.64 Å². The lowest BCUT2D eigenvalue weighted by Gasteiger charge is -2.58. The van der Waals surface area contributed by atoms with Crippen molar-refractivity contribution in [2.24, 2.45) is 5.41 Å². The van der Waals surface area contributed by atoms with Crippen molar-refractivity contribution in [3.8, 4) is 0 Å². The first-order valence-electron chi connectivity index (χ1n) is 14.6. The van der Waals surface area contributed by atoms with Crippen LogP contribution in [0.2, 0.25) is 0 Å². The van der Waals surface area contributed by atoms with E-state index in [-0.39, 0.29) is 47.2 Å². The molecule has 1 aliphatic carbocycles. The molecule has 1 aromatic heterocycles. The second kappa shape index (κ2) is 8.96. The predicted molar refractivity (Wildman–Crippen MR) is 124 cm³/mol. The van der Waals surface area contributed by atoms with Gasteiger partial charge in [-0.3, -0.25) is 9.80 Å². The fourth-order valence-electron chi connectivity index (χ4n) is 5.34. The lowest BCUT2D eigenvalue weighted by Crippen LogP contribution is -2.65. The van der Waals surface area contributed by atoms with Crippen LogP contribution in [-0.2, 0) is 17.4 Å². The van der Waals surface area contributed by atoms with E-state index in [0.29, 0.717) is 39.0 Å². The van der Waals surface area contributed by atoms with Gasteiger partial charge in [0.05, 0.1) is 24.5 Å². The Morgan fingerprint density at radius 2 is 1.74 bits per heavy atom. The van der Waals surface area contributed by atoms with Gasteiger partial charge in [0.15, 0.2) is 0 Å². The van der Waals surface area contributed by atoms with Crippen LogP contribution < -0.4 is 4.90 Å². The Morgan fingerprint density at radius 1 is 1.14 bits per heavy atom. The van der Waals surface area contributed by atoms with E-state index < -0.39 is 42.5 Å². The zero-order valence-electron chi connectivity index (χ0n) is 25.4. The summed E-state index contributed by atoms with van der Waals surface area (Å²) in [5, 5.41) is 0. The summed E-state index contributed by atoms with van der Waals surface area (Å²) < 4.78 is 92.5. The van der Waals surface area contributed by atoms with E-state index in [2.05, 4.69) is 9.97 Å². The van der Waals surface area contributed by atoms with Gasteiger partial charge >= 0.3 is 12.3 Å². The smallest absolute Gasteiger partial charge is 0.419 e. The number of anilines is 1. The van der Waals surface area contributed by atoms with Crippen molar-refractivity contribution in [2.75, 3.05) is 31.1 Å². The van der Waals surface area contributed by atoms with Crippen molar-refractivity contribution in [3.63, 3.8) is 0 Å². The monoisotopic (exact) mass is 495 g/mol. The first-order chi connectivity index (χ1) is 19.1. The number of benzene rings is 1. The van der Waals surface area contributed by atoms with Crippen LogP contribution >= 0.6 is 0 Å². The molecular weight excluding hydrogens is 459 g/mol. The summed E-state index contributed by atoms with van der Waals surface area (Å²) in [6, 6.07) is -2.74. The lowest BCUT2D eigenvalue weighted by atomic mass is 9.61. The van der Waals surface area contributed by atoms with Crippen LogP contribution in [0.25, 0.3) is 0 Å². The molecule has 0 radical (unpaired) electrons. The molecule has 0 bridgehead atoms. The molecule has 5 rings (SSSR count). The van der Waals surface area contributed by atoms with E-state index in [1.165, 1.54) is 0 Å². The standard InChI is InChI=1S/C25H30F3N5O2/c1-17-12-32(22-29-10-20(11-30-22)25(26,27)28)13-18(2)33(17)23(34)35-21-8-24(9-21)15-31(16-24)14-19-6-4-3-5-7-19/h3-7,10-11,17-18,21H,8-9,12-16H2,1-2H3/t17-,18+/i3D,4D,5D,6D,7D,14D/t14?,17-,18+. The zero-order chi connectivity index (χ0) is 30.0. The second-order valence-electron chi connectivity index (χ2n) is 9.77. The molecule has 1 aromatic carbocycles. The summed E-state index contributed by atoms with van der Waals surface area (Å²) >= 11 is 0. The second-order valence-corrected chi connectivity index (χ2v) is 9.77. The zero-order valence-corrected chi connectivity index (χ0v) is 19.4. The molecule has 35 heavy (non-hydrogen) atoms. The number of amides is 1. The molecule has 3 aliphatic rings. The summed E-state index contributed by atoms with van der Waals surface area (Å²) in [5.74, 6) is 0.163. The highest BCUT2D eigenvalue weighted by Gasteiger charge is 2.54. The number of carbonyl (C=O) groups is 1. The van der Waals surface area contributed by atoms with Crippen LogP contribution in [0.15, 0.2) is 42.6 Å². The summed E-state index contributed by atoms with van der Waals surface area (Å²) in [4.78, 5) is 25.9. The van der Waals surface area contributed by atoms with Crippen molar-refractivity contribution < 1.29 is 30.9 Å². The highest BCUT2D eigenvalue weighted by Crippen LogP contribution is 2.50. The molecule has 1 saturated carbocycles. The number of alkyl halides is 3. The number of aromatic nitrogens is 2. The molecule has 10 heteroatoms. The Balaban J connectivity index is 1.13. The number of rotatable bonds is 4. The number of hydrogen-bond donors (Lipinski definition) is 0. The quantitative estimate of drug-likeness (QED) is 0.634. The molecule has 0 N–H and O–H groups in total. The Morgan fingerprint density at radius 3 is 2.31 bits per heavy atom. The Hall–Kier alpha value is -2.88. The maximum atomic E-state index is 13.1. The summed E-state index contributed by atoms with van der Waals surface area (Å²) in [6.07, 6.45) is -2.59. The van der Waals surface area contributed by atoms with Crippen LogP contribution in [0.3, 0.4) is 0 Å². The van der Waals surface area contributed by atoms with E-state index in [0.717, 1.165) is 12.4 Å². The van der Waals surface area contributed by atoms with Crippen LogP contribution in [0.5, 0.6) is 0 Å². The summed E-state index contributed by atoms with van der Waals surface area (Å²) in [7, 11) is 0. The Kier molecular flexibility index (Phi) is 4.49. The summed E-state index contributed by atoms with van der Waals surface area (Å²) in [5.41, 5.74) is -1.12. The van der Waals surface area contributed by atoms with E-state index in [4.69, 9.17) is 13.0 Å². The number of hydrogen-bond acceptors (Lipinski definition) is 6. The predicted octanol–water partition coefficient (Wildman–Crippen LogP) is 4.20. The SMILES string of the molecule is [2H]c1c([2H])c([2H])c(C([2H])N2CC3(CC(OC(=O)N4[C@H](C)CN(c5ncc(C(F)(F)F)cn5)C[C@@H]4C)C3)C2)c([2H])c1[2H]. The topological polar surface area (TPSA) is 61.8 Å². The number of ether oxygens (including phenoxy) is 1. The van der Waals surface area contributed by atoms with Gasteiger partial charge in [-0.25, -0.2) is 14.8 Å². The molecule has 1 spiro atoms. The molecule has 188 valence electrons.